The number of carbonyl (C=O) groups is 2. The van der Waals surface area contributed by atoms with Crippen LogP contribution in [0.2, 0.25) is 10.0 Å². The summed E-state index contributed by atoms with van der Waals surface area (Å²) in [7, 11) is 0. The van der Waals surface area contributed by atoms with E-state index in [2.05, 4.69) is 0 Å². The number of halogens is 2. The number of nitrogens with zero attached hydrogens (tertiary/aromatic N) is 1. The number of amides is 1. The van der Waals surface area contributed by atoms with Crippen LogP contribution in [0.1, 0.15) is 24.2 Å². The number of hydrogen-bond acceptors (Lipinski definition) is 4. The molecule has 2 rings (SSSR count). The van der Waals surface area contributed by atoms with E-state index in [1.165, 1.54) is 18.2 Å². The maximum atomic E-state index is 12.1. The first kappa shape index (κ1) is 17.1. The molecule has 1 amide bonds. The van der Waals surface area contributed by atoms with Gasteiger partial charge in [0, 0.05) is 13.1 Å². The predicted octanol–water partition coefficient (Wildman–Crippen LogP) is 2.79. The molecule has 0 spiro atoms. The molecule has 1 aromatic carbocycles. The molecular weight excluding hydrogens is 329 g/mol. The molecule has 1 aromatic rings. The Morgan fingerprint density at radius 2 is 1.86 bits per heavy atom. The van der Waals surface area contributed by atoms with E-state index in [-0.39, 0.29) is 35.3 Å². The monoisotopic (exact) mass is 345 g/mol. The normalized spacial score (nSPS) is 21.5. The van der Waals surface area contributed by atoms with Crippen molar-refractivity contribution in [3.63, 3.8) is 0 Å². The van der Waals surface area contributed by atoms with E-state index in [1.807, 2.05) is 13.8 Å². The van der Waals surface area contributed by atoms with Crippen LogP contribution in [0, 0.1) is 0 Å². The summed E-state index contributed by atoms with van der Waals surface area (Å²) in [6.07, 6.45) is -0.0584. The highest BCUT2D eigenvalue weighted by Crippen LogP contribution is 2.23. The summed E-state index contributed by atoms with van der Waals surface area (Å²) in [5.74, 6) is -0.850. The Morgan fingerprint density at radius 3 is 2.45 bits per heavy atom. The highest BCUT2D eigenvalue weighted by Gasteiger charge is 2.26. The number of esters is 1. The molecule has 2 atom stereocenters. The topological polar surface area (TPSA) is 55.8 Å². The molecule has 1 aliphatic rings. The van der Waals surface area contributed by atoms with Crippen molar-refractivity contribution in [2.75, 3.05) is 19.7 Å². The van der Waals surface area contributed by atoms with Crippen LogP contribution in [0.15, 0.2) is 18.2 Å². The van der Waals surface area contributed by atoms with Gasteiger partial charge < -0.3 is 14.4 Å². The van der Waals surface area contributed by atoms with Gasteiger partial charge >= 0.3 is 5.97 Å². The minimum atomic E-state index is -0.610. The second-order valence-corrected chi connectivity index (χ2v) is 6.08. The van der Waals surface area contributed by atoms with Crippen LogP contribution in [0.25, 0.3) is 0 Å². The summed E-state index contributed by atoms with van der Waals surface area (Å²) >= 11 is 11.6. The van der Waals surface area contributed by atoms with Gasteiger partial charge in [0.2, 0.25) is 0 Å². The number of hydrogen-bond donors (Lipinski definition) is 0. The Bertz CT molecular complexity index is 569. The van der Waals surface area contributed by atoms with Crippen LogP contribution in [0.4, 0.5) is 0 Å². The average molecular weight is 346 g/mol. The van der Waals surface area contributed by atoms with Crippen molar-refractivity contribution in [3.05, 3.63) is 33.8 Å². The summed E-state index contributed by atoms with van der Waals surface area (Å²) in [5.41, 5.74) is 0.255. The van der Waals surface area contributed by atoms with Crippen molar-refractivity contribution >= 4 is 35.1 Å². The molecule has 120 valence electrons. The molecular formula is C15H17Cl2NO4. The minimum absolute atomic E-state index is 0.0292. The molecule has 2 unspecified atom stereocenters. The first-order chi connectivity index (χ1) is 10.4. The second kappa shape index (κ2) is 7.31. The van der Waals surface area contributed by atoms with Gasteiger partial charge in [0.05, 0.1) is 27.8 Å². The third-order valence-electron chi connectivity index (χ3n) is 3.25. The Hall–Kier alpha value is -1.30. The molecule has 1 saturated heterocycles. The molecule has 0 saturated carbocycles. The van der Waals surface area contributed by atoms with Crippen molar-refractivity contribution in [3.8, 4) is 0 Å². The standard InChI is InChI=1S/C15H17Cl2NO4/c1-9-6-18(7-10(2)22-9)14(19)8-21-15(20)11-3-4-12(16)13(17)5-11/h3-5,9-10H,6-8H2,1-2H3. The lowest BCUT2D eigenvalue weighted by molar-refractivity contribution is -0.146. The maximum Gasteiger partial charge on any atom is 0.338 e. The van der Waals surface area contributed by atoms with Gasteiger partial charge in [-0.2, -0.15) is 0 Å². The average Bonchev–Trinajstić information content (AvgIpc) is 2.46. The molecule has 5 nitrogen and oxygen atoms in total. The number of benzene rings is 1. The molecule has 0 bridgehead atoms. The minimum Gasteiger partial charge on any atom is -0.452 e. The number of carbonyl (C=O) groups excluding carboxylic acids is 2. The fourth-order valence-electron chi connectivity index (χ4n) is 2.31. The smallest absolute Gasteiger partial charge is 0.338 e. The van der Waals surface area contributed by atoms with Crippen LogP contribution >= 0.6 is 23.2 Å². The Balaban J connectivity index is 1.90. The zero-order chi connectivity index (χ0) is 16.3. The lowest BCUT2D eigenvalue weighted by Crippen LogP contribution is -2.49. The van der Waals surface area contributed by atoms with Crippen molar-refractivity contribution in [1.29, 1.82) is 0 Å². The van der Waals surface area contributed by atoms with E-state index < -0.39 is 5.97 Å². The fraction of sp³-hybridized carbons (Fsp3) is 0.467. The first-order valence-corrected chi connectivity index (χ1v) is 7.68. The molecule has 0 radical (unpaired) electrons. The Kier molecular flexibility index (Phi) is 5.67. The number of ether oxygens (including phenoxy) is 2. The van der Waals surface area contributed by atoms with Crippen molar-refractivity contribution in [2.24, 2.45) is 0 Å². The van der Waals surface area contributed by atoms with E-state index in [1.54, 1.807) is 4.90 Å². The molecule has 1 aliphatic heterocycles. The third kappa shape index (κ3) is 4.35. The lowest BCUT2D eigenvalue weighted by atomic mass is 10.2. The van der Waals surface area contributed by atoms with E-state index in [4.69, 9.17) is 32.7 Å². The van der Waals surface area contributed by atoms with Crippen LogP contribution in [-0.4, -0.2) is 48.7 Å². The zero-order valence-corrected chi connectivity index (χ0v) is 13.9. The molecule has 22 heavy (non-hydrogen) atoms. The molecule has 1 fully saturated rings. The predicted molar refractivity (Wildman–Crippen MR) is 83.3 cm³/mol. The van der Waals surface area contributed by atoms with E-state index >= 15 is 0 Å². The van der Waals surface area contributed by atoms with Gasteiger partial charge in [-0.15, -0.1) is 0 Å². The SMILES string of the molecule is CC1CN(C(=O)COC(=O)c2ccc(Cl)c(Cl)c2)CC(C)O1. The number of morpholine rings is 1. The first-order valence-electron chi connectivity index (χ1n) is 6.92. The quantitative estimate of drug-likeness (QED) is 0.790. The summed E-state index contributed by atoms with van der Waals surface area (Å²) in [5, 5.41) is 0.615. The van der Waals surface area contributed by atoms with Crippen molar-refractivity contribution < 1.29 is 19.1 Å². The third-order valence-corrected chi connectivity index (χ3v) is 3.99. The van der Waals surface area contributed by atoms with E-state index in [9.17, 15) is 9.59 Å². The van der Waals surface area contributed by atoms with Crippen LogP contribution < -0.4 is 0 Å². The van der Waals surface area contributed by atoms with E-state index in [0.717, 1.165) is 0 Å². The molecule has 7 heteroatoms. The largest absolute Gasteiger partial charge is 0.452 e. The maximum absolute atomic E-state index is 12.1. The molecule has 0 N–H and O–H groups in total. The van der Waals surface area contributed by atoms with Gasteiger partial charge in [-0.3, -0.25) is 4.79 Å². The highest BCUT2D eigenvalue weighted by molar-refractivity contribution is 6.42. The van der Waals surface area contributed by atoms with Gasteiger partial charge in [-0.05, 0) is 32.0 Å². The van der Waals surface area contributed by atoms with Gasteiger partial charge in [0.15, 0.2) is 6.61 Å². The number of rotatable bonds is 3. The molecule has 1 heterocycles. The van der Waals surface area contributed by atoms with Gasteiger partial charge in [-0.25, -0.2) is 4.79 Å². The summed E-state index contributed by atoms with van der Waals surface area (Å²) in [6.45, 7) is 4.48. The van der Waals surface area contributed by atoms with Crippen molar-refractivity contribution in [1.82, 2.24) is 4.90 Å². The molecule has 0 aromatic heterocycles. The lowest BCUT2D eigenvalue weighted by Gasteiger charge is -2.35. The Labute approximate surface area is 139 Å². The van der Waals surface area contributed by atoms with Gasteiger partial charge in [-0.1, -0.05) is 23.2 Å². The zero-order valence-electron chi connectivity index (χ0n) is 12.3. The van der Waals surface area contributed by atoms with Gasteiger partial charge in [0.25, 0.3) is 5.91 Å². The summed E-state index contributed by atoms with van der Waals surface area (Å²) < 4.78 is 10.6. The summed E-state index contributed by atoms with van der Waals surface area (Å²) in [4.78, 5) is 25.6. The van der Waals surface area contributed by atoms with Crippen molar-refractivity contribution in [2.45, 2.75) is 26.1 Å². The van der Waals surface area contributed by atoms with E-state index in [0.29, 0.717) is 18.1 Å². The highest BCUT2D eigenvalue weighted by atomic mass is 35.5. The van der Waals surface area contributed by atoms with Crippen LogP contribution in [0.5, 0.6) is 0 Å². The van der Waals surface area contributed by atoms with Crippen LogP contribution in [-0.2, 0) is 14.3 Å². The van der Waals surface area contributed by atoms with Crippen LogP contribution in [0.3, 0.4) is 0 Å². The van der Waals surface area contributed by atoms with Gasteiger partial charge in [0.1, 0.15) is 0 Å². The summed E-state index contributed by atoms with van der Waals surface area (Å²) in [6, 6.07) is 4.42. The Morgan fingerprint density at radius 1 is 1.23 bits per heavy atom. The molecule has 0 aliphatic carbocycles. The second-order valence-electron chi connectivity index (χ2n) is 5.26. The fourth-order valence-corrected chi connectivity index (χ4v) is 2.60.